The van der Waals surface area contributed by atoms with Crippen LogP contribution in [0, 0.1) is 0 Å². The molecule has 0 bridgehead atoms. The molecule has 4 nitrogen and oxygen atoms in total. The Morgan fingerprint density at radius 3 is 2.35 bits per heavy atom. The van der Waals surface area contributed by atoms with E-state index in [4.69, 9.17) is 4.74 Å². The molecule has 1 aromatic carbocycles. The number of hydrogen-bond donors (Lipinski definition) is 0. The predicted molar refractivity (Wildman–Crippen MR) is 103 cm³/mol. The van der Waals surface area contributed by atoms with Crippen LogP contribution in [0.1, 0.15) is 45.8 Å². The largest absolute Gasteiger partial charge is 0.465 e. The van der Waals surface area contributed by atoms with Gasteiger partial charge in [-0.3, -0.25) is 14.2 Å². The van der Waals surface area contributed by atoms with Gasteiger partial charge in [0.1, 0.15) is 0 Å². The lowest BCUT2D eigenvalue weighted by molar-refractivity contribution is 0.0600. The standard InChI is InChI=1S/C20H22FNO3S/c1-4-14-16(20(24)26-12-11-21)15(5-2)22-18(17(14)19(23)25-3)13-9-7-6-8-10-13/h6-10H,4-5,11-12H2,1-3H3. The Hall–Kier alpha value is -2.21. The van der Waals surface area contributed by atoms with Crippen LogP contribution in [0.15, 0.2) is 30.3 Å². The van der Waals surface area contributed by atoms with E-state index in [1.807, 2.05) is 44.2 Å². The molecule has 0 aliphatic heterocycles. The molecule has 0 amide bonds. The summed E-state index contributed by atoms with van der Waals surface area (Å²) in [4.78, 5) is 29.9. The summed E-state index contributed by atoms with van der Waals surface area (Å²) in [6.07, 6.45) is 1.00. The first-order valence-electron chi connectivity index (χ1n) is 8.51. The van der Waals surface area contributed by atoms with Crippen molar-refractivity contribution in [3.8, 4) is 11.3 Å². The van der Waals surface area contributed by atoms with E-state index in [1.54, 1.807) is 0 Å². The van der Waals surface area contributed by atoms with Gasteiger partial charge in [0.05, 0.1) is 36.3 Å². The summed E-state index contributed by atoms with van der Waals surface area (Å²) in [6, 6.07) is 9.35. The summed E-state index contributed by atoms with van der Waals surface area (Å²) in [5, 5.41) is -0.256. The summed E-state index contributed by atoms with van der Waals surface area (Å²) in [5.74, 6) is -0.445. The van der Waals surface area contributed by atoms with Gasteiger partial charge in [0.15, 0.2) is 0 Å². The second kappa shape index (κ2) is 9.48. The molecule has 0 atom stereocenters. The average Bonchev–Trinajstić information content (AvgIpc) is 2.70. The summed E-state index contributed by atoms with van der Waals surface area (Å²) < 4.78 is 17.5. The van der Waals surface area contributed by atoms with Crippen LogP contribution < -0.4 is 0 Å². The molecule has 2 aromatic rings. The smallest absolute Gasteiger partial charge is 0.340 e. The minimum atomic E-state index is -0.585. The van der Waals surface area contributed by atoms with Crippen LogP contribution in [0.2, 0.25) is 0 Å². The highest BCUT2D eigenvalue weighted by molar-refractivity contribution is 8.14. The van der Waals surface area contributed by atoms with Crippen molar-refractivity contribution >= 4 is 22.8 Å². The number of aromatic nitrogens is 1. The lowest BCUT2D eigenvalue weighted by Gasteiger charge is -2.18. The Morgan fingerprint density at radius 1 is 1.12 bits per heavy atom. The lowest BCUT2D eigenvalue weighted by Crippen LogP contribution is -2.17. The molecule has 0 radical (unpaired) electrons. The number of aryl methyl sites for hydroxylation is 1. The van der Waals surface area contributed by atoms with Crippen molar-refractivity contribution in [2.24, 2.45) is 0 Å². The van der Waals surface area contributed by atoms with E-state index in [2.05, 4.69) is 4.98 Å². The number of thioether (sulfide) groups is 1. The fourth-order valence-corrected chi connectivity index (χ4v) is 3.52. The van der Waals surface area contributed by atoms with Gasteiger partial charge >= 0.3 is 5.97 Å². The highest BCUT2D eigenvalue weighted by Crippen LogP contribution is 2.32. The van der Waals surface area contributed by atoms with Crippen LogP contribution in [0.25, 0.3) is 11.3 Å². The third kappa shape index (κ3) is 4.12. The van der Waals surface area contributed by atoms with Gasteiger partial charge in [-0.15, -0.1) is 0 Å². The van der Waals surface area contributed by atoms with Crippen molar-refractivity contribution in [1.82, 2.24) is 4.98 Å². The first kappa shape index (κ1) is 20.1. The number of hydrogen-bond acceptors (Lipinski definition) is 5. The number of esters is 1. The molecule has 0 fully saturated rings. The Bertz CT molecular complexity index is 793. The minimum Gasteiger partial charge on any atom is -0.465 e. The fraction of sp³-hybridized carbons (Fsp3) is 0.350. The van der Waals surface area contributed by atoms with Gasteiger partial charge in [0, 0.05) is 11.3 Å². The van der Waals surface area contributed by atoms with E-state index in [1.165, 1.54) is 7.11 Å². The van der Waals surface area contributed by atoms with Crippen molar-refractivity contribution in [2.75, 3.05) is 19.5 Å². The number of ether oxygens (including phenoxy) is 1. The monoisotopic (exact) mass is 375 g/mol. The maximum absolute atomic E-state index is 12.7. The number of methoxy groups -OCH3 is 1. The highest BCUT2D eigenvalue weighted by Gasteiger charge is 2.27. The Balaban J connectivity index is 2.79. The van der Waals surface area contributed by atoms with Gasteiger partial charge in [-0.25, -0.2) is 4.79 Å². The van der Waals surface area contributed by atoms with Gasteiger partial charge in [-0.1, -0.05) is 55.9 Å². The molecule has 2 rings (SSSR count). The molecule has 0 spiro atoms. The van der Waals surface area contributed by atoms with Crippen LogP contribution >= 0.6 is 11.8 Å². The molecule has 0 aliphatic carbocycles. The van der Waals surface area contributed by atoms with E-state index in [-0.39, 0.29) is 10.9 Å². The van der Waals surface area contributed by atoms with Gasteiger partial charge in [-0.2, -0.15) is 0 Å². The number of carbonyl (C=O) groups is 2. The SMILES string of the molecule is CCc1nc(-c2ccccc2)c(C(=O)OC)c(CC)c1C(=O)SCCF. The molecule has 0 unspecified atom stereocenters. The quantitative estimate of drug-likeness (QED) is 0.667. The van der Waals surface area contributed by atoms with Crippen LogP contribution in [0.5, 0.6) is 0 Å². The molecule has 0 saturated heterocycles. The van der Waals surface area contributed by atoms with E-state index in [0.29, 0.717) is 40.9 Å². The second-order valence-corrected chi connectivity index (χ2v) is 6.59. The topological polar surface area (TPSA) is 56.3 Å². The van der Waals surface area contributed by atoms with Crippen LogP contribution in [-0.4, -0.2) is 35.6 Å². The van der Waals surface area contributed by atoms with Gasteiger partial charge in [-0.05, 0) is 18.4 Å². The summed E-state index contributed by atoms with van der Waals surface area (Å²) in [7, 11) is 1.31. The predicted octanol–water partition coefficient (Wildman–Crippen LogP) is 4.50. The van der Waals surface area contributed by atoms with Crippen molar-refractivity contribution in [1.29, 1.82) is 0 Å². The molecule has 0 saturated carbocycles. The number of halogens is 1. The normalized spacial score (nSPS) is 10.6. The molecule has 26 heavy (non-hydrogen) atoms. The first-order valence-corrected chi connectivity index (χ1v) is 9.50. The highest BCUT2D eigenvalue weighted by atomic mass is 32.2. The second-order valence-electron chi connectivity index (χ2n) is 5.53. The third-order valence-electron chi connectivity index (χ3n) is 4.02. The van der Waals surface area contributed by atoms with Gasteiger partial charge in [0.2, 0.25) is 5.12 Å². The third-order valence-corrected chi connectivity index (χ3v) is 4.84. The van der Waals surface area contributed by atoms with Crippen molar-refractivity contribution in [3.05, 3.63) is 52.7 Å². The Morgan fingerprint density at radius 2 is 1.81 bits per heavy atom. The van der Waals surface area contributed by atoms with Crippen LogP contribution in [-0.2, 0) is 17.6 Å². The Kier molecular flexibility index (Phi) is 7.33. The van der Waals surface area contributed by atoms with E-state index in [9.17, 15) is 14.0 Å². The molecule has 6 heteroatoms. The maximum atomic E-state index is 12.7. The summed E-state index contributed by atoms with van der Waals surface area (Å²) in [5.41, 5.74) is 3.24. The number of alkyl halides is 1. The maximum Gasteiger partial charge on any atom is 0.340 e. The fourth-order valence-electron chi connectivity index (χ4n) is 2.87. The molecule has 0 aliphatic rings. The number of carbonyl (C=O) groups excluding carboxylic acids is 2. The van der Waals surface area contributed by atoms with Gasteiger partial charge in [0.25, 0.3) is 0 Å². The first-order chi connectivity index (χ1) is 12.6. The van der Waals surface area contributed by atoms with Crippen molar-refractivity contribution in [2.45, 2.75) is 26.7 Å². The number of rotatable bonds is 7. The minimum absolute atomic E-state index is 0.0825. The molecular weight excluding hydrogens is 353 g/mol. The van der Waals surface area contributed by atoms with E-state index >= 15 is 0 Å². The zero-order valence-corrected chi connectivity index (χ0v) is 16.0. The zero-order chi connectivity index (χ0) is 19.1. The van der Waals surface area contributed by atoms with Crippen LogP contribution in [0.3, 0.4) is 0 Å². The van der Waals surface area contributed by atoms with E-state index in [0.717, 1.165) is 17.3 Å². The number of benzene rings is 1. The molecule has 1 aromatic heterocycles. The van der Waals surface area contributed by atoms with Crippen LogP contribution in [0.4, 0.5) is 4.39 Å². The number of pyridine rings is 1. The van der Waals surface area contributed by atoms with Crippen molar-refractivity contribution < 1.29 is 18.7 Å². The Labute approximate surface area is 157 Å². The molecule has 0 N–H and O–H groups in total. The summed E-state index contributed by atoms with van der Waals surface area (Å²) >= 11 is 0.912. The van der Waals surface area contributed by atoms with Gasteiger partial charge < -0.3 is 4.74 Å². The summed E-state index contributed by atoms with van der Waals surface area (Å²) in [6.45, 7) is 3.20. The average molecular weight is 375 g/mol. The number of nitrogens with zero attached hydrogens (tertiary/aromatic N) is 1. The van der Waals surface area contributed by atoms with E-state index < -0.39 is 12.6 Å². The molecular formula is C20H22FNO3S. The molecule has 138 valence electrons. The van der Waals surface area contributed by atoms with Crippen molar-refractivity contribution in [3.63, 3.8) is 0 Å². The zero-order valence-electron chi connectivity index (χ0n) is 15.2. The lowest BCUT2D eigenvalue weighted by atomic mass is 9.93. The molecule has 1 heterocycles.